The molecule has 8 heteroatoms. The standard InChI is InChI=1S/C11H18N2O4S2/c1-12-19(16,17)11-7-4-3-6-10(11)13-8-5-9-18(2,14)15/h3-4,6-7,12-13H,5,8-9H2,1-2H3. The van der Waals surface area contributed by atoms with Crippen LogP contribution in [0.3, 0.4) is 0 Å². The van der Waals surface area contributed by atoms with Crippen LogP contribution < -0.4 is 10.0 Å². The zero-order valence-electron chi connectivity index (χ0n) is 10.9. The van der Waals surface area contributed by atoms with Crippen LogP contribution in [0.4, 0.5) is 5.69 Å². The van der Waals surface area contributed by atoms with Gasteiger partial charge in [0.05, 0.1) is 11.4 Å². The number of sulfonamides is 1. The molecule has 0 bridgehead atoms. The predicted molar refractivity (Wildman–Crippen MR) is 75.5 cm³/mol. The number of rotatable bonds is 7. The summed E-state index contributed by atoms with van der Waals surface area (Å²) in [6.45, 7) is 0.392. The lowest BCUT2D eigenvalue weighted by atomic mass is 10.3. The molecule has 1 rings (SSSR count). The molecule has 0 spiro atoms. The molecular formula is C11H18N2O4S2. The molecule has 0 aromatic heterocycles. The quantitative estimate of drug-likeness (QED) is 0.713. The monoisotopic (exact) mass is 306 g/mol. The Labute approximate surface area is 114 Å². The van der Waals surface area contributed by atoms with Gasteiger partial charge in [0.15, 0.2) is 0 Å². The van der Waals surface area contributed by atoms with Gasteiger partial charge in [-0.25, -0.2) is 21.6 Å². The predicted octanol–water partition coefficient (Wildman–Crippen LogP) is 0.441. The first kappa shape index (κ1) is 15.9. The third-order valence-corrected chi connectivity index (χ3v) is 4.96. The highest BCUT2D eigenvalue weighted by atomic mass is 32.2. The van der Waals surface area contributed by atoms with Gasteiger partial charge in [-0.3, -0.25) is 0 Å². The summed E-state index contributed by atoms with van der Waals surface area (Å²) in [6, 6.07) is 6.48. The van der Waals surface area contributed by atoms with Gasteiger partial charge in [-0.1, -0.05) is 12.1 Å². The number of anilines is 1. The molecule has 0 fully saturated rings. The molecule has 108 valence electrons. The molecule has 2 N–H and O–H groups in total. The minimum absolute atomic E-state index is 0.0704. The molecule has 0 radical (unpaired) electrons. The van der Waals surface area contributed by atoms with Crippen LogP contribution in [-0.4, -0.2) is 42.4 Å². The van der Waals surface area contributed by atoms with Gasteiger partial charge in [-0.15, -0.1) is 0 Å². The fraction of sp³-hybridized carbons (Fsp3) is 0.455. The van der Waals surface area contributed by atoms with Crippen molar-refractivity contribution in [3.05, 3.63) is 24.3 Å². The zero-order valence-corrected chi connectivity index (χ0v) is 12.5. The first-order valence-corrected chi connectivity index (χ1v) is 9.25. The van der Waals surface area contributed by atoms with Gasteiger partial charge in [0, 0.05) is 12.8 Å². The maximum atomic E-state index is 11.8. The average molecular weight is 306 g/mol. The molecule has 0 aliphatic carbocycles. The number of hydrogen-bond donors (Lipinski definition) is 2. The Morgan fingerprint density at radius 1 is 1.11 bits per heavy atom. The molecule has 1 aromatic carbocycles. The summed E-state index contributed by atoms with van der Waals surface area (Å²) in [6.07, 6.45) is 1.60. The highest BCUT2D eigenvalue weighted by Gasteiger charge is 2.15. The minimum atomic E-state index is -3.53. The average Bonchev–Trinajstić information content (AvgIpc) is 2.34. The van der Waals surface area contributed by atoms with Crippen LogP contribution >= 0.6 is 0 Å². The first-order chi connectivity index (χ1) is 8.76. The van der Waals surface area contributed by atoms with Gasteiger partial charge in [0.2, 0.25) is 10.0 Å². The fourth-order valence-electron chi connectivity index (χ4n) is 1.51. The van der Waals surface area contributed by atoms with Gasteiger partial charge in [-0.05, 0) is 25.6 Å². The molecule has 0 unspecified atom stereocenters. The molecule has 0 saturated carbocycles. The summed E-state index contributed by atoms with van der Waals surface area (Å²) < 4.78 is 47.7. The third-order valence-electron chi connectivity index (χ3n) is 2.45. The summed E-state index contributed by atoms with van der Waals surface area (Å²) in [5.41, 5.74) is 0.463. The van der Waals surface area contributed by atoms with Crippen molar-refractivity contribution in [3.63, 3.8) is 0 Å². The molecule has 0 saturated heterocycles. The highest BCUT2D eigenvalue weighted by molar-refractivity contribution is 7.90. The van der Waals surface area contributed by atoms with E-state index in [1.165, 1.54) is 19.4 Å². The summed E-state index contributed by atoms with van der Waals surface area (Å²) in [5.74, 6) is 0.0704. The first-order valence-electron chi connectivity index (χ1n) is 5.70. The van der Waals surface area contributed by atoms with E-state index in [4.69, 9.17) is 0 Å². The lowest BCUT2D eigenvalue weighted by molar-refractivity contribution is 0.588. The van der Waals surface area contributed by atoms with Crippen LogP contribution in [0.2, 0.25) is 0 Å². The van der Waals surface area contributed by atoms with Gasteiger partial charge < -0.3 is 5.32 Å². The van der Waals surface area contributed by atoms with Crippen molar-refractivity contribution < 1.29 is 16.8 Å². The smallest absolute Gasteiger partial charge is 0.242 e. The molecule has 0 amide bonds. The van der Waals surface area contributed by atoms with E-state index in [0.29, 0.717) is 18.7 Å². The second-order valence-corrected chi connectivity index (χ2v) is 8.23. The normalized spacial score (nSPS) is 12.3. The number of benzene rings is 1. The number of hydrogen-bond acceptors (Lipinski definition) is 5. The Kier molecular flexibility index (Phi) is 5.33. The Morgan fingerprint density at radius 2 is 1.74 bits per heavy atom. The van der Waals surface area contributed by atoms with E-state index in [2.05, 4.69) is 10.0 Å². The van der Waals surface area contributed by atoms with Gasteiger partial charge in [0.1, 0.15) is 14.7 Å². The van der Waals surface area contributed by atoms with E-state index >= 15 is 0 Å². The van der Waals surface area contributed by atoms with E-state index in [-0.39, 0.29) is 10.6 Å². The van der Waals surface area contributed by atoms with E-state index in [0.717, 1.165) is 0 Å². The Balaban J connectivity index is 2.75. The lowest BCUT2D eigenvalue weighted by Crippen LogP contribution is -2.20. The van der Waals surface area contributed by atoms with Crippen LogP contribution in [-0.2, 0) is 19.9 Å². The molecular weight excluding hydrogens is 288 g/mol. The number of para-hydroxylation sites is 1. The van der Waals surface area contributed by atoms with Crippen molar-refractivity contribution in [2.45, 2.75) is 11.3 Å². The zero-order chi connectivity index (χ0) is 14.5. The Morgan fingerprint density at radius 3 is 2.32 bits per heavy atom. The molecule has 19 heavy (non-hydrogen) atoms. The minimum Gasteiger partial charge on any atom is -0.384 e. The van der Waals surface area contributed by atoms with Crippen molar-refractivity contribution in [3.8, 4) is 0 Å². The maximum Gasteiger partial charge on any atom is 0.242 e. The van der Waals surface area contributed by atoms with Crippen molar-refractivity contribution in [2.75, 3.05) is 30.9 Å². The molecule has 0 aliphatic rings. The van der Waals surface area contributed by atoms with Crippen molar-refractivity contribution in [1.29, 1.82) is 0 Å². The van der Waals surface area contributed by atoms with Crippen molar-refractivity contribution in [1.82, 2.24) is 4.72 Å². The molecule has 0 heterocycles. The van der Waals surface area contributed by atoms with E-state index < -0.39 is 19.9 Å². The number of sulfone groups is 1. The largest absolute Gasteiger partial charge is 0.384 e. The summed E-state index contributed by atoms with van der Waals surface area (Å²) >= 11 is 0. The van der Waals surface area contributed by atoms with Crippen LogP contribution in [0.5, 0.6) is 0 Å². The van der Waals surface area contributed by atoms with E-state index in [9.17, 15) is 16.8 Å². The third kappa shape index (κ3) is 5.17. The topological polar surface area (TPSA) is 92.3 Å². The number of nitrogens with one attached hydrogen (secondary N) is 2. The van der Waals surface area contributed by atoms with Gasteiger partial charge in [0.25, 0.3) is 0 Å². The highest BCUT2D eigenvalue weighted by Crippen LogP contribution is 2.20. The van der Waals surface area contributed by atoms with Crippen molar-refractivity contribution in [2.24, 2.45) is 0 Å². The van der Waals surface area contributed by atoms with E-state index in [1.807, 2.05) is 0 Å². The second kappa shape index (κ2) is 6.36. The lowest BCUT2D eigenvalue weighted by Gasteiger charge is -2.11. The second-order valence-electron chi connectivity index (χ2n) is 4.11. The summed E-state index contributed by atoms with van der Waals surface area (Å²) in [4.78, 5) is 0.150. The molecule has 1 aromatic rings. The van der Waals surface area contributed by atoms with Gasteiger partial charge >= 0.3 is 0 Å². The molecule has 6 nitrogen and oxygen atoms in total. The summed E-state index contributed by atoms with van der Waals surface area (Å²) in [7, 11) is -5.17. The van der Waals surface area contributed by atoms with Gasteiger partial charge in [-0.2, -0.15) is 0 Å². The van der Waals surface area contributed by atoms with Crippen molar-refractivity contribution >= 4 is 25.5 Å². The Bertz CT molecular complexity index is 624. The van der Waals surface area contributed by atoms with Crippen LogP contribution in [0.25, 0.3) is 0 Å². The Hall–Kier alpha value is -1.12. The van der Waals surface area contributed by atoms with Crippen LogP contribution in [0.1, 0.15) is 6.42 Å². The molecule has 0 aliphatic heterocycles. The molecule has 0 atom stereocenters. The van der Waals surface area contributed by atoms with Crippen LogP contribution in [0, 0.1) is 0 Å². The SMILES string of the molecule is CNS(=O)(=O)c1ccccc1NCCCS(C)(=O)=O. The maximum absolute atomic E-state index is 11.8. The summed E-state index contributed by atoms with van der Waals surface area (Å²) in [5, 5.41) is 2.94. The fourth-order valence-corrected chi connectivity index (χ4v) is 3.09. The van der Waals surface area contributed by atoms with E-state index in [1.54, 1.807) is 18.2 Å². The van der Waals surface area contributed by atoms with Crippen LogP contribution in [0.15, 0.2) is 29.2 Å².